The molecule has 0 aliphatic carbocycles. The molecule has 1 amide bonds. The van der Waals surface area contributed by atoms with Gasteiger partial charge in [-0.15, -0.1) is 0 Å². The molecule has 1 aromatic rings. The summed E-state index contributed by atoms with van der Waals surface area (Å²) < 4.78 is 5.33. The zero-order valence-corrected chi connectivity index (χ0v) is 11.1. The van der Waals surface area contributed by atoms with Crippen LogP contribution in [-0.2, 0) is 4.79 Å². The first kappa shape index (κ1) is 13.8. The lowest BCUT2D eigenvalue weighted by Gasteiger charge is -2.29. The highest BCUT2D eigenvalue weighted by molar-refractivity contribution is 5.82. The zero-order chi connectivity index (χ0) is 13.7. The maximum Gasteiger partial charge on any atom is 0.256 e. The van der Waals surface area contributed by atoms with E-state index >= 15 is 0 Å². The third-order valence-electron chi connectivity index (χ3n) is 3.17. The normalized spacial score (nSPS) is 17.1. The Kier molecular flexibility index (Phi) is 4.76. The molecule has 2 N–H and O–H groups in total. The van der Waals surface area contributed by atoms with E-state index in [2.05, 4.69) is 5.32 Å². The Balaban J connectivity index is 2.01. The van der Waals surface area contributed by atoms with Gasteiger partial charge in [0.05, 0.1) is 6.61 Å². The number of piperazine rings is 1. The van der Waals surface area contributed by atoms with Crippen molar-refractivity contribution in [3.8, 4) is 5.75 Å². The maximum atomic E-state index is 12.1. The van der Waals surface area contributed by atoms with Crippen LogP contribution in [0.5, 0.6) is 5.75 Å². The number of carbonyl (C=O) groups is 1. The van der Waals surface area contributed by atoms with Crippen LogP contribution in [-0.4, -0.2) is 48.7 Å². The summed E-state index contributed by atoms with van der Waals surface area (Å²) in [6.07, 6.45) is -1.09. The van der Waals surface area contributed by atoms with Crippen molar-refractivity contribution in [2.24, 2.45) is 0 Å². The summed E-state index contributed by atoms with van der Waals surface area (Å²) in [4.78, 5) is 13.8. The van der Waals surface area contributed by atoms with Gasteiger partial charge in [0.25, 0.3) is 5.91 Å². The molecule has 1 aliphatic heterocycles. The van der Waals surface area contributed by atoms with Crippen molar-refractivity contribution in [2.75, 3.05) is 32.8 Å². The zero-order valence-electron chi connectivity index (χ0n) is 11.1. The Morgan fingerprint density at radius 1 is 1.37 bits per heavy atom. The lowest BCUT2D eigenvalue weighted by Crippen LogP contribution is -2.48. The number of rotatable bonds is 4. The van der Waals surface area contributed by atoms with Crippen LogP contribution in [0.1, 0.15) is 18.6 Å². The average Bonchev–Trinajstić information content (AvgIpc) is 2.48. The first-order chi connectivity index (χ1) is 9.22. The van der Waals surface area contributed by atoms with E-state index in [0.29, 0.717) is 25.3 Å². The molecule has 0 spiro atoms. The van der Waals surface area contributed by atoms with Gasteiger partial charge in [0.2, 0.25) is 0 Å². The van der Waals surface area contributed by atoms with E-state index in [9.17, 15) is 9.90 Å². The van der Waals surface area contributed by atoms with Crippen molar-refractivity contribution >= 4 is 5.91 Å². The Morgan fingerprint density at radius 3 is 2.58 bits per heavy atom. The molecule has 104 valence electrons. The number of benzene rings is 1. The number of hydrogen-bond acceptors (Lipinski definition) is 4. The van der Waals surface area contributed by atoms with Gasteiger partial charge in [0.1, 0.15) is 5.75 Å². The summed E-state index contributed by atoms with van der Waals surface area (Å²) in [5, 5.41) is 13.3. The maximum absolute atomic E-state index is 12.1. The van der Waals surface area contributed by atoms with Crippen molar-refractivity contribution in [3.05, 3.63) is 29.8 Å². The largest absolute Gasteiger partial charge is 0.494 e. The number of aliphatic hydroxyl groups is 1. The molecule has 19 heavy (non-hydrogen) atoms. The molecule has 1 unspecified atom stereocenters. The number of carbonyl (C=O) groups excluding carboxylic acids is 1. The minimum atomic E-state index is -1.09. The Hall–Kier alpha value is -1.59. The Bertz CT molecular complexity index is 413. The van der Waals surface area contributed by atoms with Gasteiger partial charge in [-0.05, 0) is 24.6 Å². The SMILES string of the molecule is CCOc1ccc(C(O)C(=O)N2CCNCC2)cc1. The van der Waals surface area contributed by atoms with E-state index < -0.39 is 6.10 Å². The second-order valence-electron chi connectivity index (χ2n) is 4.48. The molecule has 0 aromatic heterocycles. The number of hydrogen-bond donors (Lipinski definition) is 2. The van der Waals surface area contributed by atoms with Gasteiger partial charge in [-0.1, -0.05) is 12.1 Å². The molecule has 1 saturated heterocycles. The number of ether oxygens (including phenoxy) is 1. The van der Waals surface area contributed by atoms with Crippen molar-refractivity contribution in [2.45, 2.75) is 13.0 Å². The molecule has 0 bridgehead atoms. The van der Waals surface area contributed by atoms with E-state index in [1.165, 1.54) is 0 Å². The van der Waals surface area contributed by atoms with Gasteiger partial charge < -0.3 is 20.1 Å². The van der Waals surface area contributed by atoms with Gasteiger partial charge in [0, 0.05) is 26.2 Å². The highest BCUT2D eigenvalue weighted by atomic mass is 16.5. The summed E-state index contributed by atoms with van der Waals surface area (Å²) in [7, 11) is 0. The molecule has 0 saturated carbocycles. The molecule has 1 aromatic carbocycles. The summed E-state index contributed by atoms with van der Waals surface area (Å²) in [5.74, 6) is 0.513. The highest BCUT2D eigenvalue weighted by Gasteiger charge is 2.24. The number of amides is 1. The Morgan fingerprint density at radius 2 is 2.00 bits per heavy atom. The minimum absolute atomic E-state index is 0.231. The number of nitrogens with zero attached hydrogens (tertiary/aromatic N) is 1. The van der Waals surface area contributed by atoms with E-state index in [4.69, 9.17) is 4.74 Å². The van der Waals surface area contributed by atoms with Gasteiger partial charge >= 0.3 is 0 Å². The fourth-order valence-electron chi connectivity index (χ4n) is 2.11. The molecule has 1 heterocycles. The highest BCUT2D eigenvalue weighted by Crippen LogP contribution is 2.19. The van der Waals surface area contributed by atoms with Crippen LogP contribution in [0.3, 0.4) is 0 Å². The minimum Gasteiger partial charge on any atom is -0.494 e. The van der Waals surface area contributed by atoms with E-state index in [0.717, 1.165) is 18.8 Å². The van der Waals surface area contributed by atoms with Crippen LogP contribution in [0.2, 0.25) is 0 Å². The lowest BCUT2D eigenvalue weighted by molar-refractivity contribution is -0.141. The second kappa shape index (κ2) is 6.54. The predicted octanol–water partition coefficient (Wildman–Crippen LogP) is 0.550. The first-order valence-electron chi connectivity index (χ1n) is 6.62. The van der Waals surface area contributed by atoms with Crippen LogP contribution in [0.15, 0.2) is 24.3 Å². The molecule has 1 fully saturated rings. The van der Waals surface area contributed by atoms with Gasteiger partial charge in [0.15, 0.2) is 6.10 Å². The van der Waals surface area contributed by atoms with Crippen LogP contribution in [0.4, 0.5) is 0 Å². The van der Waals surface area contributed by atoms with Crippen molar-refractivity contribution in [3.63, 3.8) is 0 Å². The molecule has 1 aliphatic rings. The van der Waals surface area contributed by atoms with Crippen LogP contribution in [0, 0.1) is 0 Å². The third kappa shape index (κ3) is 3.45. The summed E-state index contributed by atoms with van der Waals surface area (Å²) in [6.45, 7) is 5.36. The summed E-state index contributed by atoms with van der Waals surface area (Å²) in [5.41, 5.74) is 0.604. The standard InChI is InChI=1S/C14H20N2O3/c1-2-19-12-5-3-11(4-6-12)13(17)14(18)16-9-7-15-8-10-16/h3-6,13,15,17H,2,7-10H2,1H3. The van der Waals surface area contributed by atoms with E-state index in [1.54, 1.807) is 29.2 Å². The monoisotopic (exact) mass is 264 g/mol. The fourth-order valence-corrected chi connectivity index (χ4v) is 2.11. The molecule has 1 atom stereocenters. The average molecular weight is 264 g/mol. The van der Waals surface area contributed by atoms with Crippen molar-refractivity contribution in [1.82, 2.24) is 10.2 Å². The van der Waals surface area contributed by atoms with Crippen LogP contribution in [0.25, 0.3) is 0 Å². The van der Waals surface area contributed by atoms with Gasteiger partial charge in [-0.2, -0.15) is 0 Å². The fraction of sp³-hybridized carbons (Fsp3) is 0.500. The lowest BCUT2D eigenvalue weighted by atomic mass is 10.1. The third-order valence-corrected chi connectivity index (χ3v) is 3.17. The van der Waals surface area contributed by atoms with E-state index in [-0.39, 0.29) is 5.91 Å². The molecule has 2 rings (SSSR count). The van der Waals surface area contributed by atoms with Crippen LogP contribution >= 0.6 is 0 Å². The summed E-state index contributed by atoms with van der Waals surface area (Å²) in [6, 6.07) is 7.01. The molecular weight excluding hydrogens is 244 g/mol. The van der Waals surface area contributed by atoms with Gasteiger partial charge in [-0.3, -0.25) is 4.79 Å². The Labute approximate surface area is 113 Å². The van der Waals surface area contributed by atoms with Crippen LogP contribution < -0.4 is 10.1 Å². The molecule has 0 radical (unpaired) electrons. The number of aliphatic hydroxyl groups excluding tert-OH is 1. The van der Waals surface area contributed by atoms with Crippen molar-refractivity contribution < 1.29 is 14.6 Å². The molecular formula is C14H20N2O3. The molecule has 5 heteroatoms. The second-order valence-corrected chi connectivity index (χ2v) is 4.48. The van der Waals surface area contributed by atoms with Crippen molar-refractivity contribution in [1.29, 1.82) is 0 Å². The first-order valence-corrected chi connectivity index (χ1v) is 6.62. The quantitative estimate of drug-likeness (QED) is 0.834. The smallest absolute Gasteiger partial charge is 0.256 e. The van der Waals surface area contributed by atoms with Gasteiger partial charge in [-0.25, -0.2) is 0 Å². The van der Waals surface area contributed by atoms with E-state index in [1.807, 2.05) is 6.92 Å². The molecule has 5 nitrogen and oxygen atoms in total. The summed E-state index contributed by atoms with van der Waals surface area (Å²) >= 11 is 0. The topological polar surface area (TPSA) is 61.8 Å². The number of nitrogens with one attached hydrogen (secondary N) is 1. The predicted molar refractivity (Wildman–Crippen MR) is 72.0 cm³/mol.